The summed E-state index contributed by atoms with van der Waals surface area (Å²) in [5.41, 5.74) is 1.05. The molecule has 1 aromatic rings. The first-order valence-electron chi connectivity index (χ1n) is 8.78. The number of likely N-dealkylation sites (tertiary alicyclic amines) is 1. The summed E-state index contributed by atoms with van der Waals surface area (Å²) in [6.07, 6.45) is 4.85. The maximum atomic E-state index is 12.8. The zero-order valence-corrected chi connectivity index (χ0v) is 13.8. The molecule has 1 saturated heterocycles. The number of benzene rings is 1. The molecule has 1 saturated carbocycles. The van der Waals surface area contributed by atoms with E-state index in [2.05, 4.69) is 5.32 Å². The maximum Gasteiger partial charge on any atom is 0.227 e. The number of carbonyl (C=O) groups excluding carboxylic acids is 3. The van der Waals surface area contributed by atoms with Gasteiger partial charge in [0.2, 0.25) is 11.8 Å². The van der Waals surface area contributed by atoms with Gasteiger partial charge in [-0.15, -0.1) is 0 Å². The van der Waals surface area contributed by atoms with Crippen LogP contribution < -0.4 is 5.32 Å². The van der Waals surface area contributed by atoms with Crippen molar-refractivity contribution in [2.75, 3.05) is 6.54 Å². The van der Waals surface area contributed by atoms with Gasteiger partial charge in [0.25, 0.3) is 0 Å². The largest absolute Gasteiger partial charge is 0.352 e. The summed E-state index contributed by atoms with van der Waals surface area (Å²) in [6.45, 7) is 1.12. The van der Waals surface area contributed by atoms with Gasteiger partial charge in [-0.25, -0.2) is 0 Å². The first-order valence-corrected chi connectivity index (χ1v) is 8.78. The Balaban J connectivity index is 1.61. The number of hydrogen-bond donors (Lipinski definition) is 1. The van der Waals surface area contributed by atoms with Crippen LogP contribution in [0.4, 0.5) is 0 Å². The van der Waals surface area contributed by atoms with Crippen molar-refractivity contribution in [1.82, 2.24) is 10.2 Å². The van der Waals surface area contributed by atoms with Crippen LogP contribution in [0.3, 0.4) is 0 Å². The highest BCUT2D eigenvalue weighted by molar-refractivity contribution is 5.89. The molecule has 5 heteroatoms. The van der Waals surface area contributed by atoms with Crippen LogP contribution in [-0.2, 0) is 20.9 Å². The van der Waals surface area contributed by atoms with Gasteiger partial charge in [-0.05, 0) is 31.2 Å². The topological polar surface area (TPSA) is 66.5 Å². The molecular formula is C19H24N2O3. The quantitative estimate of drug-likeness (QED) is 0.840. The molecule has 0 spiro atoms. The monoisotopic (exact) mass is 328 g/mol. The third kappa shape index (κ3) is 3.50. The summed E-state index contributed by atoms with van der Waals surface area (Å²) < 4.78 is 0. The maximum absolute atomic E-state index is 12.8. The summed E-state index contributed by atoms with van der Waals surface area (Å²) in [5.74, 6) is -0.603. The van der Waals surface area contributed by atoms with Crippen molar-refractivity contribution in [1.29, 1.82) is 0 Å². The van der Waals surface area contributed by atoms with Crippen LogP contribution in [0, 0.1) is 11.8 Å². The lowest BCUT2D eigenvalue weighted by Crippen LogP contribution is -2.44. The molecule has 0 bridgehead atoms. The third-order valence-corrected chi connectivity index (χ3v) is 5.22. The molecule has 1 aromatic carbocycles. The number of aldehydes is 1. The molecule has 2 fully saturated rings. The standard InChI is InChI=1S/C19H24N2O3/c22-13-15-8-5-11-21(15)19(24)17-10-4-9-16(17)18(23)20-12-14-6-2-1-3-7-14/h1-3,6-7,13,15-17H,4-5,8-12H2,(H,20,23). The Labute approximate surface area is 142 Å². The van der Waals surface area contributed by atoms with Crippen molar-refractivity contribution in [3.8, 4) is 0 Å². The second-order valence-corrected chi connectivity index (χ2v) is 6.72. The van der Waals surface area contributed by atoms with Crippen LogP contribution in [-0.4, -0.2) is 35.6 Å². The van der Waals surface area contributed by atoms with Crippen molar-refractivity contribution in [2.24, 2.45) is 11.8 Å². The van der Waals surface area contributed by atoms with Gasteiger partial charge in [0.15, 0.2) is 0 Å². The summed E-state index contributed by atoms with van der Waals surface area (Å²) in [5, 5.41) is 2.96. The van der Waals surface area contributed by atoms with Crippen molar-refractivity contribution >= 4 is 18.1 Å². The highest BCUT2D eigenvalue weighted by Gasteiger charge is 2.42. The number of nitrogens with zero attached hydrogens (tertiary/aromatic N) is 1. The van der Waals surface area contributed by atoms with Crippen molar-refractivity contribution < 1.29 is 14.4 Å². The van der Waals surface area contributed by atoms with Crippen LogP contribution >= 0.6 is 0 Å². The molecule has 3 atom stereocenters. The molecule has 3 unspecified atom stereocenters. The first kappa shape index (κ1) is 16.7. The van der Waals surface area contributed by atoms with Gasteiger partial charge in [0, 0.05) is 24.9 Å². The number of amides is 2. The fourth-order valence-electron chi connectivity index (χ4n) is 3.91. The van der Waals surface area contributed by atoms with Crippen LogP contribution in [0.1, 0.15) is 37.7 Å². The van der Waals surface area contributed by atoms with Crippen LogP contribution in [0.25, 0.3) is 0 Å². The van der Waals surface area contributed by atoms with Gasteiger partial charge >= 0.3 is 0 Å². The van der Waals surface area contributed by atoms with Gasteiger partial charge in [-0.3, -0.25) is 9.59 Å². The van der Waals surface area contributed by atoms with E-state index in [-0.39, 0.29) is 29.7 Å². The zero-order chi connectivity index (χ0) is 16.9. The Kier molecular flexibility index (Phi) is 5.28. The highest BCUT2D eigenvalue weighted by atomic mass is 16.2. The fraction of sp³-hybridized carbons (Fsp3) is 0.526. The zero-order valence-electron chi connectivity index (χ0n) is 13.8. The van der Waals surface area contributed by atoms with E-state index in [0.717, 1.165) is 44.0 Å². The summed E-state index contributed by atoms with van der Waals surface area (Å²) in [7, 11) is 0. The smallest absolute Gasteiger partial charge is 0.227 e. The van der Waals surface area contributed by atoms with Gasteiger partial charge in [-0.2, -0.15) is 0 Å². The minimum absolute atomic E-state index is 0.0121. The predicted molar refractivity (Wildman–Crippen MR) is 89.9 cm³/mol. The molecule has 1 aliphatic heterocycles. The Hall–Kier alpha value is -2.17. The van der Waals surface area contributed by atoms with Gasteiger partial charge in [-0.1, -0.05) is 36.8 Å². The van der Waals surface area contributed by atoms with E-state index >= 15 is 0 Å². The average Bonchev–Trinajstić information content (AvgIpc) is 3.28. The van der Waals surface area contributed by atoms with E-state index in [4.69, 9.17) is 0 Å². The van der Waals surface area contributed by atoms with Crippen molar-refractivity contribution in [3.63, 3.8) is 0 Å². The van der Waals surface area contributed by atoms with Crippen molar-refractivity contribution in [3.05, 3.63) is 35.9 Å². The number of carbonyl (C=O) groups is 3. The molecule has 3 rings (SSSR count). The predicted octanol–water partition coefficient (Wildman–Crippen LogP) is 1.91. The van der Waals surface area contributed by atoms with E-state index in [1.165, 1.54) is 0 Å². The van der Waals surface area contributed by atoms with E-state index in [1.807, 2.05) is 30.3 Å². The SMILES string of the molecule is O=CC1CCCN1C(=O)C1CCCC1C(=O)NCc1ccccc1. The number of hydrogen-bond acceptors (Lipinski definition) is 3. The molecule has 0 aromatic heterocycles. The van der Waals surface area contributed by atoms with E-state index in [0.29, 0.717) is 13.1 Å². The number of rotatable bonds is 5. The fourth-order valence-corrected chi connectivity index (χ4v) is 3.91. The minimum Gasteiger partial charge on any atom is -0.352 e. The van der Waals surface area contributed by atoms with Crippen molar-refractivity contribution in [2.45, 2.75) is 44.7 Å². The number of nitrogens with one attached hydrogen (secondary N) is 1. The third-order valence-electron chi connectivity index (χ3n) is 5.22. The van der Waals surface area contributed by atoms with E-state index in [1.54, 1.807) is 4.90 Å². The highest BCUT2D eigenvalue weighted by Crippen LogP contribution is 2.35. The lowest BCUT2D eigenvalue weighted by molar-refractivity contribution is -0.142. The van der Waals surface area contributed by atoms with Crippen LogP contribution in [0.5, 0.6) is 0 Å². The Morgan fingerprint density at radius 2 is 1.83 bits per heavy atom. The Morgan fingerprint density at radius 1 is 1.08 bits per heavy atom. The second-order valence-electron chi connectivity index (χ2n) is 6.72. The normalized spacial score (nSPS) is 26.3. The Morgan fingerprint density at radius 3 is 2.58 bits per heavy atom. The molecule has 2 aliphatic rings. The minimum atomic E-state index is -0.300. The van der Waals surface area contributed by atoms with E-state index < -0.39 is 0 Å². The molecule has 24 heavy (non-hydrogen) atoms. The van der Waals surface area contributed by atoms with Gasteiger partial charge < -0.3 is 15.0 Å². The van der Waals surface area contributed by atoms with Gasteiger partial charge in [0.05, 0.1) is 6.04 Å². The molecule has 1 heterocycles. The lowest BCUT2D eigenvalue weighted by Gasteiger charge is -2.27. The molecule has 128 valence electrons. The van der Waals surface area contributed by atoms with E-state index in [9.17, 15) is 14.4 Å². The molecule has 5 nitrogen and oxygen atoms in total. The summed E-state index contributed by atoms with van der Waals surface area (Å²) >= 11 is 0. The Bertz CT molecular complexity index is 602. The molecule has 2 amide bonds. The first-order chi connectivity index (χ1) is 11.7. The molecule has 1 N–H and O–H groups in total. The van der Waals surface area contributed by atoms with Crippen LogP contribution in [0.2, 0.25) is 0 Å². The molecular weight excluding hydrogens is 304 g/mol. The summed E-state index contributed by atoms with van der Waals surface area (Å²) in [6, 6.07) is 9.46. The van der Waals surface area contributed by atoms with Gasteiger partial charge in [0.1, 0.15) is 6.29 Å². The molecule has 0 radical (unpaired) electrons. The average molecular weight is 328 g/mol. The van der Waals surface area contributed by atoms with Crippen LogP contribution in [0.15, 0.2) is 30.3 Å². The second kappa shape index (κ2) is 7.60. The lowest BCUT2D eigenvalue weighted by atomic mass is 9.93. The summed E-state index contributed by atoms with van der Waals surface area (Å²) in [4.78, 5) is 38.2. The molecule has 1 aliphatic carbocycles.